The molecule has 1 aromatic rings. The summed E-state index contributed by atoms with van der Waals surface area (Å²) in [7, 11) is 1.35. The van der Waals surface area contributed by atoms with Gasteiger partial charge in [-0.2, -0.15) is 0 Å². The Morgan fingerprint density at radius 1 is 1.40 bits per heavy atom. The van der Waals surface area contributed by atoms with Gasteiger partial charge in [-0.15, -0.1) is 0 Å². The highest BCUT2D eigenvalue weighted by Crippen LogP contribution is 2.31. The number of carbonyl (C=O) groups is 1. The molecule has 1 fully saturated rings. The standard InChI is InChI=1S/C15H21ClN2O2/c1-20-15(19)12-7-11(17)8-13(16)14(12)18-9-10-5-3-2-4-6-10/h7-8,10,18H,2-6,9,17H2,1H3. The van der Waals surface area contributed by atoms with E-state index in [1.165, 1.54) is 39.2 Å². The summed E-state index contributed by atoms with van der Waals surface area (Å²) in [6.45, 7) is 0.827. The molecule has 1 aliphatic rings. The molecule has 2 rings (SSSR count). The molecule has 1 aromatic carbocycles. The van der Waals surface area contributed by atoms with Crippen LogP contribution in [0.15, 0.2) is 12.1 Å². The highest BCUT2D eigenvalue weighted by Gasteiger charge is 2.18. The van der Waals surface area contributed by atoms with Crippen LogP contribution >= 0.6 is 11.6 Å². The van der Waals surface area contributed by atoms with E-state index in [-0.39, 0.29) is 0 Å². The number of anilines is 2. The number of ether oxygens (including phenoxy) is 1. The van der Waals surface area contributed by atoms with Gasteiger partial charge < -0.3 is 15.8 Å². The molecule has 1 saturated carbocycles. The predicted octanol–water partition coefficient (Wildman–Crippen LogP) is 3.70. The van der Waals surface area contributed by atoms with Crippen molar-refractivity contribution in [3.8, 4) is 0 Å². The molecule has 0 spiro atoms. The van der Waals surface area contributed by atoms with Gasteiger partial charge >= 0.3 is 5.97 Å². The first-order valence-corrected chi connectivity index (χ1v) is 7.41. The zero-order chi connectivity index (χ0) is 14.5. The monoisotopic (exact) mass is 296 g/mol. The van der Waals surface area contributed by atoms with Crippen LogP contribution in [-0.2, 0) is 4.74 Å². The van der Waals surface area contributed by atoms with E-state index in [4.69, 9.17) is 22.1 Å². The van der Waals surface area contributed by atoms with Crippen LogP contribution in [0.2, 0.25) is 5.02 Å². The van der Waals surface area contributed by atoms with Crippen molar-refractivity contribution in [3.05, 3.63) is 22.7 Å². The third-order valence-electron chi connectivity index (χ3n) is 3.81. The minimum absolute atomic E-state index is 0.397. The van der Waals surface area contributed by atoms with Gasteiger partial charge in [0.15, 0.2) is 0 Å². The SMILES string of the molecule is COC(=O)c1cc(N)cc(Cl)c1NCC1CCCCC1. The lowest BCUT2D eigenvalue weighted by Crippen LogP contribution is -2.19. The van der Waals surface area contributed by atoms with Gasteiger partial charge in [-0.1, -0.05) is 30.9 Å². The molecule has 0 amide bonds. The minimum Gasteiger partial charge on any atom is -0.465 e. The summed E-state index contributed by atoms with van der Waals surface area (Å²) < 4.78 is 4.79. The Labute approximate surface area is 124 Å². The molecule has 0 bridgehead atoms. The number of rotatable bonds is 4. The molecule has 1 aliphatic carbocycles. The number of esters is 1. The van der Waals surface area contributed by atoms with E-state index < -0.39 is 5.97 Å². The molecule has 0 atom stereocenters. The van der Waals surface area contributed by atoms with Crippen LogP contribution in [0.1, 0.15) is 42.5 Å². The Balaban J connectivity index is 2.14. The summed E-state index contributed by atoms with van der Waals surface area (Å²) in [6.07, 6.45) is 6.35. The lowest BCUT2D eigenvalue weighted by Gasteiger charge is -2.23. The Bertz CT molecular complexity index is 485. The molecule has 0 aliphatic heterocycles. The van der Waals surface area contributed by atoms with Gasteiger partial charge in [0.1, 0.15) is 0 Å². The average molecular weight is 297 g/mol. The Morgan fingerprint density at radius 3 is 2.75 bits per heavy atom. The van der Waals surface area contributed by atoms with Crippen LogP contribution in [-0.4, -0.2) is 19.6 Å². The van der Waals surface area contributed by atoms with Gasteiger partial charge in [-0.05, 0) is 30.9 Å². The number of halogens is 1. The molecule has 20 heavy (non-hydrogen) atoms. The maximum absolute atomic E-state index is 11.8. The smallest absolute Gasteiger partial charge is 0.340 e. The highest BCUT2D eigenvalue weighted by molar-refractivity contribution is 6.34. The molecule has 5 heteroatoms. The average Bonchev–Trinajstić information content (AvgIpc) is 2.46. The van der Waals surface area contributed by atoms with Crippen molar-refractivity contribution in [2.75, 3.05) is 24.7 Å². The molecule has 0 unspecified atom stereocenters. The van der Waals surface area contributed by atoms with Gasteiger partial charge in [0.25, 0.3) is 0 Å². The topological polar surface area (TPSA) is 64.3 Å². The van der Waals surface area contributed by atoms with Crippen molar-refractivity contribution in [1.29, 1.82) is 0 Å². The van der Waals surface area contributed by atoms with E-state index in [1.807, 2.05) is 0 Å². The number of hydrogen-bond donors (Lipinski definition) is 2. The van der Waals surface area contributed by atoms with Gasteiger partial charge in [-0.3, -0.25) is 0 Å². The molecule has 0 aromatic heterocycles. The number of carbonyl (C=O) groups excluding carboxylic acids is 1. The normalized spacial score (nSPS) is 15.9. The fraction of sp³-hybridized carbons (Fsp3) is 0.533. The fourth-order valence-corrected chi connectivity index (χ4v) is 3.01. The molecule has 0 heterocycles. The zero-order valence-electron chi connectivity index (χ0n) is 11.7. The first kappa shape index (κ1) is 15.0. The lowest BCUT2D eigenvalue weighted by atomic mass is 9.89. The van der Waals surface area contributed by atoms with Crippen molar-refractivity contribution in [1.82, 2.24) is 0 Å². The van der Waals surface area contributed by atoms with Crippen LogP contribution in [0.25, 0.3) is 0 Å². The molecule has 0 saturated heterocycles. The number of nitrogens with two attached hydrogens (primary N) is 1. The quantitative estimate of drug-likeness (QED) is 0.657. The summed E-state index contributed by atoms with van der Waals surface area (Å²) in [5.41, 5.74) is 7.22. The number of nitrogens with one attached hydrogen (secondary N) is 1. The van der Waals surface area contributed by atoms with Crippen molar-refractivity contribution in [3.63, 3.8) is 0 Å². The van der Waals surface area contributed by atoms with E-state index in [0.717, 1.165) is 6.54 Å². The second-order valence-corrected chi connectivity index (χ2v) is 5.71. The van der Waals surface area contributed by atoms with Crippen molar-refractivity contribution < 1.29 is 9.53 Å². The Hall–Kier alpha value is -1.42. The van der Waals surface area contributed by atoms with Gasteiger partial charge in [0.05, 0.1) is 23.4 Å². The van der Waals surface area contributed by atoms with Crippen molar-refractivity contribution >= 4 is 28.9 Å². The second-order valence-electron chi connectivity index (χ2n) is 5.30. The zero-order valence-corrected chi connectivity index (χ0v) is 12.5. The highest BCUT2D eigenvalue weighted by atomic mass is 35.5. The summed E-state index contributed by atoms with van der Waals surface area (Å²) in [5, 5.41) is 3.76. The largest absolute Gasteiger partial charge is 0.465 e. The third-order valence-corrected chi connectivity index (χ3v) is 4.11. The maximum atomic E-state index is 11.8. The van der Waals surface area contributed by atoms with E-state index in [2.05, 4.69) is 5.32 Å². The molecule has 3 N–H and O–H groups in total. The summed E-state index contributed by atoms with van der Waals surface area (Å²) in [6, 6.07) is 3.25. The second kappa shape index (κ2) is 6.84. The van der Waals surface area contributed by atoms with Crippen LogP contribution < -0.4 is 11.1 Å². The van der Waals surface area contributed by atoms with Gasteiger partial charge in [0.2, 0.25) is 0 Å². The number of methoxy groups -OCH3 is 1. The third kappa shape index (κ3) is 3.57. The Morgan fingerprint density at radius 2 is 2.10 bits per heavy atom. The first-order chi connectivity index (χ1) is 9.61. The molecule has 0 radical (unpaired) electrons. The fourth-order valence-electron chi connectivity index (χ4n) is 2.72. The molecule has 4 nitrogen and oxygen atoms in total. The predicted molar refractivity (Wildman–Crippen MR) is 82.3 cm³/mol. The van der Waals surface area contributed by atoms with Crippen LogP contribution in [0.5, 0.6) is 0 Å². The van der Waals surface area contributed by atoms with E-state index >= 15 is 0 Å². The maximum Gasteiger partial charge on any atom is 0.340 e. The minimum atomic E-state index is -0.426. The molecular weight excluding hydrogens is 276 g/mol. The first-order valence-electron chi connectivity index (χ1n) is 7.03. The van der Waals surface area contributed by atoms with Crippen molar-refractivity contribution in [2.45, 2.75) is 32.1 Å². The summed E-state index contributed by atoms with van der Waals surface area (Å²) in [4.78, 5) is 11.8. The van der Waals surface area contributed by atoms with E-state index in [0.29, 0.717) is 27.9 Å². The Kier molecular flexibility index (Phi) is 5.12. The van der Waals surface area contributed by atoms with E-state index in [9.17, 15) is 4.79 Å². The lowest BCUT2D eigenvalue weighted by molar-refractivity contribution is 0.0602. The van der Waals surface area contributed by atoms with Crippen LogP contribution in [0, 0.1) is 5.92 Å². The number of nitrogen functional groups attached to an aromatic ring is 1. The van der Waals surface area contributed by atoms with Crippen LogP contribution in [0.3, 0.4) is 0 Å². The number of hydrogen-bond acceptors (Lipinski definition) is 4. The summed E-state index contributed by atoms with van der Waals surface area (Å²) in [5.74, 6) is 0.216. The van der Waals surface area contributed by atoms with Gasteiger partial charge in [-0.25, -0.2) is 4.79 Å². The van der Waals surface area contributed by atoms with Gasteiger partial charge in [0, 0.05) is 12.2 Å². The number of benzene rings is 1. The van der Waals surface area contributed by atoms with Crippen LogP contribution in [0.4, 0.5) is 11.4 Å². The summed E-state index contributed by atoms with van der Waals surface area (Å²) >= 11 is 6.20. The molecular formula is C15H21ClN2O2. The molecule has 110 valence electrons. The van der Waals surface area contributed by atoms with Crippen molar-refractivity contribution in [2.24, 2.45) is 5.92 Å². The van der Waals surface area contributed by atoms with E-state index in [1.54, 1.807) is 12.1 Å².